The molecule has 1 aliphatic carbocycles. The van der Waals surface area contributed by atoms with Crippen molar-refractivity contribution >= 4 is 40.4 Å². The SMILES string of the molecule is CC(=O)OCc1c(-c2cc(Nc3ccc(N4CCN(C5COC5)CC4)cn3)c3ncnn3c2)cc(F)cc1N1CCn2c(cc3c2CCCC3)C1=O. The zero-order valence-corrected chi connectivity index (χ0v) is 29.1. The lowest BCUT2D eigenvalue weighted by Gasteiger charge is -2.43. The number of benzene rings is 1. The highest BCUT2D eigenvalue weighted by molar-refractivity contribution is 6.07. The number of nitrogens with zero attached hydrogens (tertiary/aromatic N) is 8. The van der Waals surface area contributed by atoms with Crippen LogP contribution in [0.5, 0.6) is 0 Å². The molecule has 3 aliphatic heterocycles. The number of anilines is 4. The number of nitrogens with one attached hydrogen (secondary N) is 1. The van der Waals surface area contributed by atoms with E-state index in [0.717, 1.165) is 70.8 Å². The first-order valence-electron chi connectivity index (χ1n) is 18.0. The summed E-state index contributed by atoms with van der Waals surface area (Å²) in [4.78, 5) is 41.8. The Morgan fingerprint density at radius 3 is 2.63 bits per heavy atom. The van der Waals surface area contributed by atoms with E-state index in [4.69, 9.17) is 14.5 Å². The van der Waals surface area contributed by atoms with Gasteiger partial charge in [-0.3, -0.25) is 14.5 Å². The van der Waals surface area contributed by atoms with E-state index in [9.17, 15) is 9.59 Å². The normalized spacial score (nSPS) is 17.9. The zero-order chi connectivity index (χ0) is 35.3. The second-order valence-corrected chi connectivity index (χ2v) is 14.0. The Morgan fingerprint density at radius 2 is 1.87 bits per heavy atom. The van der Waals surface area contributed by atoms with Crippen molar-refractivity contribution in [2.75, 3.05) is 61.1 Å². The Kier molecular flexibility index (Phi) is 8.35. The Bertz CT molecular complexity index is 2170. The molecule has 0 atom stereocenters. The lowest BCUT2D eigenvalue weighted by Crippen LogP contribution is -2.56. The van der Waals surface area contributed by atoms with Crippen LogP contribution in [0.1, 0.15) is 47.1 Å². The standard InChI is InChI=1S/C38H40FN9O4/c1-24(49)52-22-31-30(16-27(39)17-34(31)47-13-12-46-33-5-3-2-4-25(33)15-35(46)38(47)50)26-14-32(37-41-23-42-48(37)19-26)43-36-7-6-28(18-40-36)44-8-10-45(11-9-44)29-20-51-21-29/h6-7,14-19,23,29H,2-5,8-13,20-22H2,1H3,(H,40,43). The van der Waals surface area contributed by atoms with Crippen LogP contribution in [0, 0.1) is 5.82 Å². The van der Waals surface area contributed by atoms with Gasteiger partial charge in [0.2, 0.25) is 0 Å². The number of fused-ring (bicyclic) bond motifs is 4. The first-order valence-corrected chi connectivity index (χ1v) is 18.0. The van der Waals surface area contributed by atoms with Crippen LogP contribution in [0.4, 0.5) is 27.3 Å². The number of aryl methyl sites for hydroxylation is 1. The van der Waals surface area contributed by atoms with Gasteiger partial charge in [0.05, 0.1) is 42.5 Å². The fraction of sp³-hybridized carbons (Fsp3) is 0.395. The van der Waals surface area contributed by atoms with Crippen LogP contribution < -0.4 is 15.1 Å². The second kappa shape index (κ2) is 13.3. The Morgan fingerprint density at radius 1 is 1.02 bits per heavy atom. The molecule has 0 radical (unpaired) electrons. The number of esters is 1. The van der Waals surface area contributed by atoms with Crippen molar-refractivity contribution in [1.82, 2.24) is 29.0 Å². The van der Waals surface area contributed by atoms with E-state index in [-0.39, 0.29) is 12.5 Å². The minimum Gasteiger partial charge on any atom is -0.461 e. The zero-order valence-electron chi connectivity index (χ0n) is 29.1. The summed E-state index contributed by atoms with van der Waals surface area (Å²) in [6.07, 6.45) is 9.21. The Balaban J connectivity index is 1.03. The molecular formula is C38H40FN9O4. The maximum atomic E-state index is 15.7. The highest BCUT2D eigenvalue weighted by Crippen LogP contribution is 2.38. The Hall–Kier alpha value is -5.34. The van der Waals surface area contributed by atoms with Crippen molar-refractivity contribution in [3.8, 4) is 11.1 Å². The summed E-state index contributed by atoms with van der Waals surface area (Å²) >= 11 is 0. The second-order valence-electron chi connectivity index (χ2n) is 14.0. The molecule has 1 N–H and O–H groups in total. The van der Waals surface area contributed by atoms with Gasteiger partial charge < -0.3 is 29.2 Å². The van der Waals surface area contributed by atoms with E-state index in [0.29, 0.717) is 64.4 Å². The lowest BCUT2D eigenvalue weighted by atomic mass is 9.97. The smallest absolute Gasteiger partial charge is 0.302 e. The van der Waals surface area contributed by atoms with Gasteiger partial charge in [-0.15, -0.1) is 0 Å². The summed E-state index contributed by atoms with van der Waals surface area (Å²) in [6.45, 7) is 7.65. The van der Waals surface area contributed by atoms with Crippen LogP contribution >= 0.6 is 0 Å². The molecule has 0 unspecified atom stereocenters. The van der Waals surface area contributed by atoms with Gasteiger partial charge in [0.25, 0.3) is 5.91 Å². The van der Waals surface area contributed by atoms with Gasteiger partial charge in [0.15, 0.2) is 5.65 Å². The number of carbonyl (C=O) groups is 2. The van der Waals surface area contributed by atoms with Gasteiger partial charge >= 0.3 is 5.97 Å². The van der Waals surface area contributed by atoms with Gasteiger partial charge in [0.1, 0.15) is 30.3 Å². The molecule has 1 aromatic carbocycles. The van der Waals surface area contributed by atoms with Crippen LogP contribution in [-0.2, 0) is 40.3 Å². The molecule has 2 saturated heterocycles. The molecule has 9 rings (SSSR count). The monoisotopic (exact) mass is 705 g/mol. The number of ether oxygens (including phenoxy) is 2. The summed E-state index contributed by atoms with van der Waals surface area (Å²) in [6, 6.07) is 11.2. The molecule has 0 spiro atoms. The number of hydrogen-bond donors (Lipinski definition) is 1. The molecule has 4 aliphatic rings. The largest absolute Gasteiger partial charge is 0.461 e. The third-order valence-electron chi connectivity index (χ3n) is 10.8. The van der Waals surface area contributed by atoms with Crippen molar-refractivity contribution in [2.24, 2.45) is 0 Å². The third kappa shape index (κ3) is 5.95. The van der Waals surface area contributed by atoms with Crippen LogP contribution in [0.2, 0.25) is 0 Å². The number of aromatic nitrogens is 5. The quantitative estimate of drug-likeness (QED) is 0.229. The van der Waals surface area contributed by atoms with Crippen molar-refractivity contribution in [1.29, 1.82) is 0 Å². The minimum atomic E-state index is -0.517. The fourth-order valence-electron chi connectivity index (χ4n) is 8.04. The number of hydrogen-bond acceptors (Lipinski definition) is 10. The van der Waals surface area contributed by atoms with E-state index in [1.807, 2.05) is 24.4 Å². The van der Waals surface area contributed by atoms with Crippen molar-refractivity contribution in [2.45, 2.75) is 51.8 Å². The molecule has 14 heteroatoms. The molecule has 0 saturated carbocycles. The van der Waals surface area contributed by atoms with E-state index in [1.165, 1.54) is 36.6 Å². The molecule has 7 heterocycles. The summed E-state index contributed by atoms with van der Waals surface area (Å²) in [7, 11) is 0. The van der Waals surface area contributed by atoms with Gasteiger partial charge in [-0.1, -0.05) is 0 Å². The molecule has 0 bridgehead atoms. The summed E-state index contributed by atoms with van der Waals surface area (Å²) < 4.78 is 30.4. The van der Waals surface area contributed by atoms with Crippen LogP contribution in [0.15, 0.2) is 55.1 Å². The number of carbonyl (C=O) groups excluding carboxylic acids is 2. The van der Waals surface area contributed by atoms with E-state index in [2.05, 4.69) is 35.8 Å². The Labute approximate surface area is 299 Å². The van der Waals surface area contributed by atoms with Crippen LogP contribution in [0.3, 0.4) is 0 Å². The molecule has 1 amide bonds. The van der Waals surface area contributed by atoms with Crippen molar-refractivity contribution < 1.29 is 23.5 Å². The fourth-order valence-corrected chi connectivity index (χ4v) is 8.04. The summed E-state index contributed by atoms with van der Waals surface area (Å²) in [5.41, 5.74) is 7.25. The number of pyridine rings is 2. The maximum Gasteiger partial charge on any atom is 0.302 e. The third-order valence-corrected chi connectivity index (χ3v) is 10.8. The topological polar surface area (TPSA) is 122 Å². The molecule has 5 aromatic rings. The van der Waals surface area contributed by atoms with Gasteiger partial charge in [-0.25, -0.2) is 18.9 Å². The first-order chi connectivity index (χ1) is 25.4. The molecule has 4 aromatic heterocycles. The average molecular weight is 706 g/mol. The van der Waals surface area contributed by atoms with Crippen LogP contribution in [0.25, 0.3) is 16.8 Å². The van der Waals surface area contributed by atoms with Gasteiger partial charge in [-0.2, -0.15) is 5.10 Å². The number of halogens is 1. The number of amides is 1. The average Bonchev–Trinajstić information content (AvgIpc) is 3.77. The highest BCUT2D eigenvalue weighted by Gasteiger charge is 2.33. The van der Waals surface area contributed by atoms with Crippen molar-refractivity contribution in [3.05, 3.63) is 83.5 Å². The lowest BCUT2D eigenvalue weighted by molar-refractivity contribution is -0.142. The molecule has 13 nitrogen and oxygen atoms in total. The predicted octanol–water partition coefficient (Wildman–Crippen LogP) is 4.60. The number of rotatable bonds is 8. The van der Waals surface area contributed by atoms with Crippen LogP contribution in [-0.4, -0.2) is 92.9 Å². The maximum absolute atomic E-state index is 15.7. The predicted molar refractivity (Wildman–Crippen MR) is 193 cm³/mol. The molecule has 2 fully saturated rings. The van der Waals surface area contributed by atoms with Gasteiger partial charge in [-0.05, 0) is 73.2 Å². The number of piperazine rings is 1. The minimum absolute atomic E-state index is 0.147. The van der Waals surface area contributed by atoms with E-state index >= 15 is 4.39 Å². The molecule has 52 heavy (non-hydrogen) atoms. The van der Waals surface area contributed by atoms with Crippen molar-refractivity contribution in [3.63, 3.8) is 0 Å². The summed E-state index contributed by atoms with van der Waals surface area (Å²) in [5, 5.41) is 7.79. The van der Waals surface area contributed by atoms with E-state index < -0.39 is 11.8 Å². The summed E-state index contributed by atoms with van der Waals surface area (Å²) in [5.74, 6) is -0.580. The van der Waals surface area contributed by atoms with E-state index in [1.54, 1.807) is 15.6 Å². The van der Waals surface area contributed by atoms with Gasteiger partial charge in [0, 0.05) is 69.2 Å². The first kappa shape index (κ1) is 32.6. The molecular weight excluding hydrogens is 665 g/mol. The highest BCUT2D eigenvalue weighted by atomic mass is 19.1. The molecule has 268 valence electrons.